The van der Waals surface area contributed by atoms with Crippen molar-refractivity contribution in [2.24, 2.45) is 5.41 Å². The van der Waals surface area contributed by atoms with Crippen LogP contribution < -0.4 is 0 Å². The number of carbonyl (C=O) groups excluding carboxylic acids is 2. The molecule has 2 saturated heterocycles. The average molecular weight is 346 g/mol. The quantitative estimate of drug-likeness (QED) is 0.835. The average Bonchev–Trinajstić information content (AvgIpc) is 2.61. The molecule has 1 aromatic rings. The van der Waals surface area contributed by atoms with Crippen molar-refractivity contribution in [1.29, 1.82) is 0 Å². The predicted molar refractivity (Wildman–Crippen MR) is 93.0 cm³/mol. The fourth-order valence-electron chi connectivity index (χ4n) is 4.09. The molecule has 6 nitrogen and oxygen atoms in total. The van der Waals surface area contributed by atoms with Crippen LogP contribution in [0.25, 0.3) is 0 Å². The molecule has 0 radical (unpaired) electrons. The van der Waals surface area contributed by atoms with Gasteiger partial charge in [0.15, 0.2) is 0 Å². The van der Waals surface area contributed by atoms with Crippen LogP contribution in [0.1, 0.15) is 35.2 Å². The number of hydrogen-bond donors (Lipinski definition) is 1. The van der Waals surface area contributed by atoms with E-state index >= 15 is 0 Å². The van der Waals surface area contributed by atoms with Crippen molar-refractivity contribution in [3.05, 3.63) is 35.4 Å². The van der Waals surface area contributed by atoms with Crippen LogP contribution in [-0.4, -0.2) is 66.7 Å². The zero-order valence-corrected chi connectivity index (χ0v) is 14.9. The topological polar surface area (TPSA) is 70.1 Å². The van der Waals surface area contributed by atoms with Gasteiger partial charge in [-0.1, -0.05) is 12.1 Å². The number of methoxy groups -OCH3 is 1. The third-order valence-electron chi connectivity index (χ3n) is 5.51. The summed E-state index contributed by atoms with van der Waals surface area (Å²) in [4.78, 5) is 28.1. The summed E-state index contributed by atoms with van der Waals surface area (Å²) in [5.74, 6) is -0.148. The molecule has 2 aliphatic rings. The van der Waals surface area contributed by atoms with Crippen molar-refractivity contribution < 1.29 is 19.4 Å². The van der Waals surface area contributed by atoms with Crippen molar-refractivity contribution in [2.45, 2.75) is 31.9 Å². The normalized spacial score (nSPS) is 23.7. The van der Waals surface area contributed by atoms with Crippen molar-refractivity contribution in [1.82, 2.24) is 9.80 Å². The van der Waals surface area contributed by atoms with Crippen LogP contribution in [0, 0.1) is 5.41 Å². The molecule has 136 valence electrons. The molecule has 2 aliphatic heterocycles. The Morgan fingerprint density at radius 1 is 1.28 bits per heavy atom. The van der Waals surface area contributed by atoms with Crippen LogP contribution in [0.5, 0.6) is 0 Å². The highest BCUT2D eigenvalue weighted by molar-refractivity contribution is 5.89. The minimum atomic E-state index is -0.417. The van der Waals surface area contributed by atoms with E-state index in [2.05, 4.69) is 4.90 Å². The lowest BCUT2D eigenvalue weighted by Crippen LogP contribution is -2.56. The molecular weight excluding hydrogens is 320 g/mol. The molecule has 0 saturated carbocycles. The van der Waals surface area contributed by atoms with Gasteiger partial charge in [0.25, 0.3) is 0 Å². The number of likely N-dealkylation sites (N-methyl/N-ethyl adjacent to an activating group) is 1. The molecular formula is C19H26N2O4. The molecule has 1 amide bonds. The van der Waals surface area contributed by atoms with E-state index in [9.17, 15) is 14.7 Å². The van der Waals surface area contributed by atoms with Crippen LogP contribution in [0.4, 0.5) is 0 Å². The molecule has 2 fully saturated rings. The Bertz CT molecular complexity index is 635. The summed E-state index contributed by atoms with van der Waals surface area (Å²) in [6.45, 7) is 2.91. The minimum absolute atomic E-state index is 0.180. The molecule has 1 N–H and O–H groups in total. The highest BCUT2D eigenvalue weighted by atomic mass is 16.5. The lowest BCUT2D eigenvalue weighted by molar-refractivity contribution is -0.154. The van der Waals surface area contributed by atoms with E-state index in [0.717, 1.165) is 38.0 Å². The van der Waals surface area contributed by atoms with E-state index in [1.807, 2.05) is 12.1 Å². The van der Waals surface area contributed by atoms with Gasteiger partial charge in [0, 0.05) is 20.1 Å². The molecule has 1 spiro atoms. The van der Waals surface area contributed by atoms with Crippen molar-refractivity contribution in [2.75, 3.05) is 33.8 Å². The number of rotatable bonds is 3. The molecule has 3 rings (SSSR count). The maximum Gasteiger partial charge on any atom is 0.337 e. The van der Waals surface area contributed by atoms with E-state index in [4.69, 9.17) is 4.74 Å². The number of ether oxygens (including phenoxy) is 1. The van der Waals surface area contributed by atoms with E-state index in [1.165, 1.54) is 7.11 Å². The lowest BCUT2D eigenvalue weighted by Gasteiger charge is -2.47. The first-order valence-corrected chi connectivity index (χ1v) is 8.77. The maximum absolute atomic E-state index is 12.6. The summed E-state index contributed by atoms with van der Waals surface area (Å²) in [6, 6.07) is 7.45. The molecule has 0 aliphatic carbocycles. The Morgan fingerprint density at radius 3 is 2.52 bits per heavy atom. The Morgan fingerprint density at radius 2 is 1.92 bits per heavy atom. The molecule has 6 heteroatoms. The van der Waals surface area contributed by atoms with E-state index < -0.39 is 11.5 Å². The second-order valence-electron chi connectivity index (χ2n) is 7.29. The molecule has 0 aromatic heterocycles. The Labute approximate surface area is 148 Å². The van der Waals surface area contributed by atoms with Crippen LogP contribution in [-0.2, 0) is 16.1 Å². The number of amides is 1. The van der Waals surface area contributed by atoms with Crippen molar-refractivity contribution >= 4 is 11.9 Å². The Hall–Kier alpha value is -1.92. The summed E-state index contributed by atoms with van der Waals surface area (Å²) >= 11 is 0. The zero-order valence-electron chi connectivity index (χ0n) is 14.9. The number of hydrogen-bond acceptors (Lipinski definition) is 5. The highest BCUT2D eigenvalue weighted by Gasteiger charge is 2.47. The molecule has 1 atom stereocenters. The first-order chi connectivity index (χ1) is 11.9. The van der Waals surface area contributed by atoms with Crippen LogP contribution in [0.2, 0.25) is 0 Å². The second kappa shape index (κ2) is 7.14. The maximum atomic E-state index is 12.6. The number of esters is 1. The molecule has 1 unspecified atom stereocenters. The Balaban J connectivity index is 1.59. The lowest BCUT2D eigenvalue weighted by atomic mass is 9.71. The summed E-state index contributed by atoms with van der Waals surface area (Å²) in [6.07, 6.45) is 1.74. The van der Waals surface area contributed by atoms with Crippen molar-refractivity contribution in [3.63, 3.8) is 0 Å². The van der Waals surface area contributed by atoms with Gasteiger partial charge in [-0.15, -0.1) is 0 Å². The SMILES string of the molecule is COC(=O)c1ccc(CN2CCC3(CC2)CC(O)CN(C)C3=O)cc1. The smallest absolute Gasteiger partial charge is 0.337 e. The van der Waals surface area contributed by atoms with Gasteiger partial charge in [0.05, 0.1) is 24.2 Å². The largest absolute Gasteiger partial charge is 0.465 e. The number of β-amino-alcohol motifs (C(OH)–C–C–N with tert-alkyl or cyclic N) is 1. The predicted octanol–water partition coefficient (Wildman–Crippen LogP) is 1.28. The number of likely N-dealkylation sites (tertiary alicyclic amines) is 2. The second-order valence-corrected chi connectivity index (χ2v) is 7.29. The summed E-state index contributed by atoms with van der Waals surface area (Å²) in [5.41, 5.74) is 1.29. The molecule has 1 aromatic carbocycles. The van der Waals surface area contributed by atoms with E-state index in [0.29, 0.717) is 18.5 Å². The van der Waals surface area contributed by atoms with Gasteiger partial charge in [0.1, 0.15) is 0 Å². The van der Waals surface area contributed by atoms with Crippen molar-refractivity contribution in [3.8, 4) is 0 Å². The number of aliphatic hydroxyl groups is 1. The van der Waals surface area contributed by atoms with Crippen LogP contribution in [0.15, 0.2) is 24.3 Å². The number of aliphatic hydroxyl groups excluding tert-OH is 1. The zero-order chi connectivity index (χ0) is 18.0. The minimum Gasteiger partial charge on any atom is -0.465 e. The van der Waals surface area contributed by atoms with Gasteiger partial charge in [-0.05, 0) is 50.0 Å². The third-order valence-corrected chi connectivity index (χ3v) is 5.51. The number of nitrogens with zero attached hydrogens (tertiary/aromatic N) is 2. The molecule has 0 bridgehead atoms. The Kier molecular flexibility index (Phi) is 5.11. The highest BCUT2D eigenvalue weighted by Crippen LogP contribution is 2.40. The summed E-state index contributed by atoms with van der Waals surface area (Å²) in [5, 5.41) is 10.1. The monoisotopic (exact) mass is 346 g/mol. The van der Waals surface area contributed by atoms with Crippen LogP contribution >= 0.6 is 0 Å². The fourth-order valence-corrected chi connectivity index (χ4v) is 4.09. The number of benzene rings is 1. The third kappa shape index (κ3) is 3.70. The molecule has 2 heterocycles. The summed E-state index contributed by atoms with van der Waals surface area (Å²) < 4.78 is 4.71. The van der Waals surface area contributed by atoms with Gasteiger partial charge in [-0.2, -0.15) is 0 Å². The van der Waals surface area contributed by atoms with Crippen LogP contribution in [0.3, 0.4) is 0 Å². The first-order valence-electron chi connectivity index (χ1n) is 8.77. The van der Waals surface area contributed by atoms with Gasteiger partial charge in [0.2, 0.25) is 5.91 Å². The van der Waals surface area contributed by atoms with Gasteiger partial charge < -0.3 is 14.7 Å². The van der Waals surface area contributed by atoms with Gasteiger partial charge in [-0.3, -0.25) is 9.69 Å². The first kappa shape index (κ1) is 17.9. The van der Waals surface area contributed by atoms with Gasteiger partial charge >= 0.3 is 5.97 Å². The van der Waals surface area contributed by atoms with E-state index in [1.54, 1.807) is 24.1 Å². The summed E-state index contributed by atoms with van der Waals surface area (Å²) in [7, 11) is 3.16. The molecule has 25 heavy (non-hydrogen) atoms. The van der Waals surface area contributed by atoms with Gasteiger partial charge in [-0.25, -0.2) is 4.79 Å². The van der Waals surface area contributed by atoms with E-state index in [-0.39, 0.29) is 11.9 Å². The number of carbonyl (C=O) groups is 2. The fraction of sp³-hybridized carbons (Fsp3) is 0.579. The standard InChI is InChI=1S/C19H26N2O4/c1-20-13-16(22)11-19(18(20)24)7-9-21(10-8-19)12-14-3-5-15(6-4-14)17(23)25-2/h3-6,16,22H,7-13H2,1-2H3. The number of piperidine rings is 2.